The predicted molar refractivity (Wildman–Crippen MR) is 141 cm³/mol. The average Bonchev–Trinajstić information content (AvgIpc) is 3.34. The molecule has 0 bridgehead atoms. The summed E-state index contributed by atoms with van der Waals surface area (Å²) in [5.41, 5.74) is 2.17. The largest absolute Gasteiger partial charge is 0.492 e. The average molecular weight is 516 g/mol. The van der Waals surface area contributed by atoms with Crippen LogP contribution in [-0.4, -0.2) is 56.6 Å². The van der Waals surface area contributed by atoms with Gasteiger partial charge in [-0.1, -0.05) is 49.2 Å². The zero-order valence-corrected chi connectivity index (χ0v) is 22.4. The summed E-state index contributed by atoms with van der Waals surface area (Å²) < 4.78 is 32.3. The van der Waals surface area contributed by atoms with E-state index < -0.39 is 28.5 Å². The number of nitrogens with one attached hydrogen (secondary N) is 1. The number of rotatable bonds is 11. The van der Waals surface area contributed by atoms with Crippen molar-refractivity contribution >= 4 is 27.5 Å². The van der Waals surface area contributed by atoms with E-state index in [1.54, 1.807) is 38.1 Å². The quantitative estimate of drug-likeness (QED) is 0.493. The van der Waals surface area contributed by atoms with Crippen LogP contribution in [0.3, 0.4) is 0 Å². The Balaban J connectivity index is 1.92. The number of hydrogen-bond donors (Lipinski definition) is 1. The normalized spacial score (nSPS) is 14.8. The maximum Gasteiger partial charge on any atom is 0.244 e. The summed E-state index contributed by atoms with van der Waals surface area (Å²) in [4.78, 5) is 28.4. The van der Waals surface area contributed by atoms with Crippen molar-refractivity contribution in [3.8, 4) is 5.75 Å². The first-order valence-electron chi connectivity index (χ1n) is 12.5. The van der Waals surface area contributed by atoms with Gasteiger partial charge in [-0.05, 0) is 56.9 Å². The van der Waals surface area contributed by atoms with Crippen LogP contribution in [0.15, 0.2) is 48.5 Å². The number of carbonyl (C=O) groups excluding carboxylic acids is 2. The van der Waals surface area contributed by atoms with Crippen LogP contribution in [0.5, 0.6) is 5.75 Å². The summed E-state index contributed by atoms with van der Waals surface area (Å²) in [5.74, 6) is -0.329. The van der Waals surface area contributed by atoms with Crippen molar-refractivity contribution in [2.24, 2.45) is 0 Å². The molecule has 1 atom stereocenters. The fourth-order valence-corrected chi connectivity index (χ4v) is 5.33. The van der Waals surface area contributed by atoms with Gasteiger partial charge in [0.1, 0.15) is 18.3 Å². The van der Waals surface area contributed by atoms with Crippen LogP contribution < -0.4 is 14.4 Å². The van der Waals surface area contributed by atoms with E-state index in [0.717, 1.165) is 47.4 Å². The Morgan fingerprint density at radius 3 is 2.36 bits per heavy atom. The number of anilines is 1. The lowest BCUT2D eigenvalue weighted by Crippen LogP contribution is -2.52. The Morgan fingerprint density at radius 2 is 1.72 bits per heavy atom. The first-order chi connectivity index (χ1) is 17.1. The van der Waals surface area contributed by atoms with E-state index in [1.807, 2.05) is 31.2 Å². The van der Waals surface area contributed by atoms with Gasteiger partial charge in [-0.15, -0.1) is 0 Å². The van der Waals surface area contributed by atoms with Crippen LogP contribution in [0.2, 0.25) is 0 Å². The number of amides is 2. The molecule has 0 aliphatic heterocycles. The highest BCUT2D eigenvalue weighted by Crippen LogP contribution is 2.30. The zero-order chi connectivity index (χ0) is 26.3. The van der Waals surface area contributed by atoms with E-state index in [2.05, 4.69) is 5.32 Å². The van der Waals surface area contributed by atoms with Crippen LogP contribution >= 0.6 is 0 Å². The molecule has 1 fully saturated rings. The second-order valence-electron chi connectivity index (χ2n) is 9.28. The smallest absolute Gasteiger partial charge is 0.244 e. The number of sulfonamides is 1. The van der Waals surface area contributed by atoms with E-state index in [0.29, 0.717) is 12.4 Å². The van der Waals surface area contributed by atoms with Gasteiger partial charge in [-0.2, -0.15) is 0 Å². The van der Waals surface area contributed by atoms with Gasteiger partial charge in [0.25, 0.3) is 0 Å². The summed E-state index contributed by atoms with van der Waals surface area (Å²) in [5, 5.41) is 3.07. The van der Waals surface area contributed by atoms with Gasteiger partial charge in [0, 0.05) is 12.6 Å². The minimum atomic E-state index is -3.83. The molecule has 2 amide bonds. The highest BCUT2D eigenvalue weighted by atomic mass is 32.2. The first kappa shape index (κ1) is 27.5. The molecule has 1 aliphatic carbocycles. The molecule has 1 N–H and O–H groups in total. The molecule has 0 aromatic heterocycles. The van der Waals surface area contributed by atoms with Crippen molar-refractivity contribution in [2.45, 2.75) is 65.1 Å². The maximum absolute atomic E-state index is 13.7. The lowest BCUT2D eigenvalue weighted by atomic mass is 10.1. The molecule has 9 heteroatoms. The minimum absolute atomic E-state index is 0.112. The number of aryl methyl sites for hydroxylation is 1. The Labute approximate surface area is 214 Å². The van der Waals surface area contributed by atoms with Gasteiger partial charge >= 0.3 is 0 Å². The molecule has 2 aromatic rings. The van der Waals surface area contributed by atoms with E-state index in [4.69, 9.17) is 4.74 Å². The molecule has 1 aliphatic rings. The van der Waals surface area contributed by atoms with Crippen molar-refractivity contribution in [3.63, 3.8) is 0 Å². The fourth-order valence-electron chi connectivity index (χ4n) is 4.48. The van der Waals surface area contributed by atoms with E-state index in [9.17, 15) is 18.0 Å². The number of benzene rings is 2. The second-order valence-corrected chi connectivity index (χ2v) is 11.2. The zero-order valence-electron chi connectivity index (χ0n) is 21.6. The predicted octanol–water partition coefficient (Wildman–Crippen LogP) is 3.64. The molecule has 0 unspecified atom stereocenters. The molecular weight excluding hydrogens is 478 g/mol. The second kappa shape index (κ2) is 12.3. The van der Waals surface area contributed by atoms with Crippen molar-refractivity contribution in [1.82, 2.24) is 10.2 Å². The number of nitrogens with zero attached hydrogens (tertiary/aromatic N) is 2. The maximum atomic E-state index is 13.7. The molecule has 3 rings (SSSR count). The van der Waals surface area contributed by atoms with Gasteiger partial charge in [0.05, 0.1) is 18.6 Å². The fraction of sp³-hybridized carbons (Fsp3) is 0.481. The first-order valence-corrected chi connectivity index (χ1v) is 14.3. The SMILES string of the molecule is CCOc1ccccc1N(CC(=O)N(Cc1ccccc1C)[C@H](C)C(=O)NC1CCCC1)S(C)(=O)=O. The molecular formula is C27H37N3O5S. The number of hydrogen-bond acceptors (Lipinski definition) is 5. The Bertz CT molecular complexity index is 1160. The molecule has 196 valence electrons. The Morgan fingerprint density at radius 1 is 1.08 bits per heavy atom. The van der Waals surface area contributed by atoms with Crippen LogP contribution in [-0.2, 0) is 26.2 Å². The monoisotopic (exact) mass is 515 g/mol. The van der Waals surface area contributed by atoms with Crippen LogP contribution in [0.1, 0.15) is 50.7 Å². The van der Waals surface area contributed by atoms with Gasteiger partial charge < -0.3 is 15.0 Å². The third-order valence-corrected chi connectivity index (χ3v) is 7.71. The van der Waals surface area contributed by atoms with Gasteiger partial charge in [0.15, 0.2) is 0 Å². The highest BCUT2D eigenvalue weighted by Gasteiger charge is 2.32. The lowest BCUT2D eigenvalue weighted by Gasteiger charge is -2.32. The Hall–Kier alpha value is -3.07. The third kappa shape index (κ3) is 7.00. The van der Waals surface area contributed by atoms with Gasteiger partial charge in [-0.25, -0.2) is 8.42 Å². The van der Waals surface area contributed by atoms with Crippen molar-refractivity contribution in [1.29, 1.82) is 0 Å². The summed E-state index contributed by atoms with van der Waals surface area (Å²) >= 11 is 0. The van der Waals surface area contributed by atoms with Crippen molar-refractivity contribution in [2.75, 3.05) is 23.7 Å². The van der Waals surface area contributed by atoms with Gasteiger partial charge in [0.2, 0.25) is 21.8 Å². The van der Waals surface area contributed by atoms with Gasteiger partial charge in [-0.3, -0.25) is 13.9 Å². The molecule has 36 heavy (non-hydrogen) atoms. The minimum Gasteiger partial charge on any atom is -0.492 e. The van der Waals surface area contributed by atoms with Crippen molar-refractivity contribution in [3.05, 3.63) is 59.7 Å². The summed E-state index contributed by atoms with van der Waals surface area (Å²) in [6.45, 7) is 5.54. The van der Waals surface area contributed by atoms with E-state index in [1.165, 1.54) is 4.90 Å². The lowest BCUT2D eigenvalue weighted by molar-refractivity contribution is -0.139. The molecule has 0 heterocycles. The third-order valence-electron chi connectivity index (χ3n) is 6.58. The van der Waals surface area contributed by atoms with E-state index in [-0.39, 0.29) is 24.2 Å². The van der Waals surface area contributed by atoms with Crippen LogP contribution in [0, 0.1) is 6.92 Å². The Kier molecular flexibility index (Phi) is 9.37. The summed E-state index contributed by atoms with van der Waals surface area (Å²) in [7, 11) is -3.83. The molecule has 8 nitrogen and oxygen atoms in total. The number of para-hydroxylation sites is 2. The molecule has 0 saturated heterocycles. The van der Waals surface area contributed by atoms with E-state index >= 15 is 0 Å². The van der Waals surface area contributed by atoms with Crippen LogP contribution in [0.25, 0.3) is 0 Å². The molecule has 0 spiro atoms. The highest BCUT2D eigenvalue weighted by molar-refractivity contribution is 7.92. The molecule has 0 radical (unpaired) electrons. The van der Waals surface area contributed by atoms with Crippen molar-refractivity contribution < 1.29 is 22.7 Å². The number of carbonyl (C=O) groups is 2. The van der Waals surface area contributed by atoms with Crippen LogP contribution in [0.4, 0.5) is 5.69 Å². The number of ether oxygens (including phenoxy) is 1. The standard InChI is InChI=1S/C27H37N3O5S/c1-5-35-25-17-11-10-16-24(25)30(36(4,33)34)19-26(31)29(18-22-13-7-6-12-20(22)2)21(3)27(32)28-23-14-8-9-15-23/h6-7,10-13,16-17,21,23H,5,8-9,14-15,18-19H2,1-4H3,(H,28,32)/t21-/m1/s1. The topological polar surface area (TPSA) is 96.0 Å². The molecule has 2 aromatic carbocycles. The summed E-state index contributed by atoms with van der Waals surface area (Å²) in [6, 6.07) is 13.7. The summed E-state index contributed by atoms with van der Waals surface area (Å²) in [6.07, 6.45) is 5.08. The molecule has 1 saturated carbocycles.